The van der Waals surface area contributed by atoms with Gasteiger partial charge in [0.05, 0.1) is 12.6 Å². The van der Waals surface area contributed by atoms with Crippen molar-refractivity contribution >= 4 is 5.69 Å². The zero-order valence-corrected chi connectivity index (χ0v) is 10.2. The van der Waals surface area contributed by atoms with Crippen molar-refractivity contribution in [1.82, 2.24) is 0 Å². The quantitative estimate of drug-likeness (QED) is 0.826. The molecule has 2 rings (SSSR count). The molecule has 88 valence electrons. The van der Waals surface area contributed by atoms with Crippen LogP contribution in [0.5, 0.6) is 0 Å². The van der Waals surface area contributed by atoms with Gasteiger partial charge in [0.2, 0.25) is 0 Å². The lowest BCUT2D eigenvalue weighted by Gasteiger charge is -2.38. The van der Waals surface area contributed by atoms with E-state index in [1.54, 1.807) is 0 Å². The van der Waals surface area contributed by atoms with Crippen molar-refractivity contribution in [3.8, 4) is 0 Å². The largest absolute Gasteiger partial charge is 0.394 e. The number of aliphatic hydroxyl groups excluding tert-OH is 1. The fraction of sp³-hybridized carbons (Fsp3) is 0.571. The molecule has 1 aromatic rings. The molecule has 1 N–H and O–H groups in total. The van der Waals surface area contributed by atoms with E-state index in [2.05, 4.69) is 36.9 Å². The number of anilines is 1. The van der Waals surface area contributed by atoms with Crippen LogP contribution in [0.4, 0.5) is 5.69 Å². The normalized spacial score (nSPS) is 21.2. The first-order valence-corrected chi connectivity index (χ1v) is 6.17. The molecular weight excluding hydrogens is 198 g/mol. The molecular formula is C14H21NO. The van der Waals surface area contributed by atoms with Crippen molar-refractivity contribution in [1.29, 1.82) is 0 Å². The maximum Gasteiger partial charge on any atom is 0.0635 e. The minimum atomic E-state index is 0.272. The van der Waals surface area contributed by atoms with Crippen LogP contribution in [0.15, 0.2) is 18.2 Å². The molecule has 16 heavy (non-hydrogen) atoms. The van der Waals surface area contributed by atoms with Crippen LogP contribution in [0.25, 0.3) is 0 Å². The third-order valence-corrected chi connectivity index (χ3v) is 3.56. The Balaban J connectivity index is 2.34. The maximum absolute atomic E-state index is 9.46. The molecule has 2 heteroatoms. The minimum Gasteiger partial charge on any atom is -0.394 e. The Hall–Kier alpha value is -1.02. The highest BCUT2D eigenvalue weighted by Gasteiger charge is 2.23. The number of aliphatic hydroxyl groups is 1. The second kappa shape index (κ2) is 4.88. The van der Waals surface area contributed by atoms with Crippen LogP contribution in [-0.2, 0) is 0 Å². The molecule has 1 aliphatic heterocycles. The van der Waals surface area contributed by atoms with Crippen LogP contribution >= 0.6 is 0 Å². The van der Waals surface area contributed by atoms with E-state index in [9.17, 15) is 5.11 Å². The molecule has 0 bridgehead atoms. The van der Waals surface area contributed by atoms with E-state index in [-0.39, 0.29) is 6.61 Å². The van der Waals surface area contributed by atoms with Gasteiger partial charge >= 0.3 is 0 Å². The van der Waals surface area contributed by atoms with Gasteiger partial charge in [-0.05, 0) is 44.2 Å². The van der Waals surface area contributed by atoms with Gasteiger partial charge in [0.15, 0.2) is 0 Å². The maximum atomic E-state index is 9.46. The monoisotopic (exact) mass is 219 g/mol. The van der Waals surface area contributed by atoms with Crippen molar-refractivity contribution < 1.29 is 5.11 Å². The topological polar surface area (TPSA) is 23.5 Å². The number of hydrogen-bond acceptors (Lipinski definition) is 2. The third-order valence-electron chi connectivity index (χ3n) is 3.56. The molecule has 0 saturated carbocycles. The number of para-hydroxylation sites is 1. The Kier molecular flexibility index (Phi) is 3.49. The summed E-state index contributed by atoms with van der Waals surface area (Å²) in [6.07, 6.45) is 3.60. The van der Waals surface area contributed by atoms with Gasteiger partial charge in [-0.15, -0.1) is 0 Å². The standard InChI is InChI=1S/C14H21NO/c1-11-6-5-7-12(2)14(11)15-9-4-3-8-13(15)10-16/h5-7,13,16H,3-4,8-10H2,1-2H3. The van der Waals surface area contributed by atoms with E-state index in [4.69, 9.17) is 0 Å². The van der Waals surface area contributed by atoms with Gasteiger partial charge in [-0.25, -0.2) is 0 Å². The summed E-state index contributed by atoms with van der Waals surface area (Å²) < 4.78 is 0. The van der Waals surface area contributed by atoms with Gasteiger partial charge in [-0.1, -0.05) is 18.2 Å². The van der Waals surface area contributed by atoms with Crippen LogP contribution in [0.3, 0.4) is 0 Å². The SMILES string of the molecule is Cc1cccc(C)c1N1CCCCC1CO. The van der Waals surface area contributed by atoms with Gasteiger partial charge in [-0.2, -0.15) is 0 Å². The molecule has 2 nitrogen and oxygen atoms in total. The Morgan fingerprint density at radius 2 is 1.94 bits per heavy atom. The Bertz CT molecular complexity index is 342. The molecule has 1 atom stereocenters. The van der Waals surface area contributed by atoms with Crippen LogP contribution < -0.4 is 4.90 Å². The van der Waals surface area contributed by atoms with Crippen LogP contribution in [-0.4, -0.2) is 24.3 Å². The summed E-state index contributed by atoms with van der Waals surface area (Å²) in [6, 6.07) is 6.73. The first-order valence-electron chi connectivity index (χ1n) is 6.17. The Morgan fingerprint density at radius 3 is 2.56 bits per heavy atom. The summed E-state index contributed by atoms with van der Waals surface area (Å²) in [4.78, 5) is 2.40. The lowest BCUT2D eigenvalue weighted by molar-refractivity contribution is 0.240. The summed E-state index contributed by atoms with van der Waals surface area (Å²) >= 11 is 0. The number of nitrogens with zero attached hydrogens (tertiary/aromatic N) is 1. The van der Waals surface area contributed by atoms with E-state index in [0.717, 1.165) is 13.0 Å². The summed E-state index contributed by atoms with van der Waals surface area (Å²) in [7, 11) is 0. The van der Waals surface area contributed by atoms with Gasteiger partial charge < -0.3 is 10.0 Å². The summed E-state index contributed by atoms with van der Waals surface area (Å²) in [5.41, 5.74) is 3.97. The molecule has 0 amide bonds. The number of hydrogen-bond donors (Lipinski definition) is 1. The first-order chi connectivity index (χ1) is 7.74. The van der Waals surface area contributed by atoms with Crippen LogP contribution in [0, 0.1) is 13.8 Å². The van der Waals surface area contributed by atoms with Crippen molar-refractivity contribution in [2.24, 2.45) is 0 Å². The fourth-order valence-corrected chi connectivity index (χ4v) is 2.74. The zero-order chi connectivity index (χ0) is 11.5. The van der Waals surface area contributed by atoms with E-state index < -0.39 is 0 Å². The molecule has 0 aromatic heterocycles. The van der Waals surface area contributed by atoms with E-state index in [1.807, 2.05) is 0 Å². The average molecular weight is 219 g/mol. The highest BCUT2D eigenvalue weighted by atomic mass is 16.3. The first kappa shape index (κ1) is 11.5. The molecule has 1 heterocycles. The Labute approximate surface area is 97.9 Å². The van der Waals surface area contributed by atoms with Gasteiger partial charge in [0.1, 0.15) is 0 Å². The van der Waals surface area contributed by atoms with Crippen molar-refractivity contribution in [2.75, 3.05) is 18.1 Å². The number of rotatable bonds is 2. The summed E-state index contributed by atoms with van der Waals surface area (Å²) in [5.74, 6) is 0. The molecule has 0 aliphatic carbocycles. The molecule has 1 saturated heterocycles. The number of benzene rings is 1. The predicted molar refractivity (Wildman–Crippen MR) is 68.0 cm³/mol. The summed E-state index contributed by atoms with van der Waals surface area (Å²) in [6.45, 7) is 5.67. The van der Waals surface area contributed by atoms with Crippen molar-refractivity contribution in [3.63, 3.8) is 0 Å². The lowest BCUT2D eigenvalue weighted by Crippen LogP contribution is -2.42. The third kappa shape index (κ3) is 2.07. The highest BCUT2D eigenvalue weighted by Crippen LogP contribution is 2.30. The van der Waals surface area contributed by atoms with Gasteiger partial charge in [-0.3, -0.25) is 0 Å². The predicted octanol–water partition coefficient (Wildman–Crippen LogP) is 2.65. The van der Waals surface area contributed by atoms with E-state index in [1.165, 1.54) is 29.7 Å². The van der Waals surface area contributed by atoms with Crippen molar-refractivity contribution in [2.45, 2.75) is 39.2 Å². The second-order valence-electron chi connectivity index (χ2n) is 4.77. The van der Waals surface area contributed by atoms with E-state index in [0.29, 0.717) is 6.04 Å². The smallest absolute Gasteiger partial charge is 0.0635 e. The second-order valence-corrected chi connectivity index (χ2v) is 4.77. The minimum absolute atomic E-state index is 0.272. The van der Waals surface area contributed by atoms with Crippen LogP contribution in [0.2, 0.25) is 0 Å². The molecule has 1 aromatic carbocycles. The van der Waals surface area contributed by atoms with E-state index >= 15 is 0 Å². The molecule has 1 unspecified atom stereocenters. The van der Waals surface area contributed by atoms with Gasteiger partial charge in [0.25, 0.3) is 0 Å². The molecule has 0 radical (unpaired) electrons. The molecule has 0 spiro atoms. The molecule has 1 fully saturated rings. The van der Waals surface area contributed by atoms with Gasteiger partial charge in [0, 0.05) is 12.2 Å². The number of piperidine rings is 1. The van der Waals surface area contributed by atoms with Crippen molar-refractivity contribution in [3.05, 3.63) is 29.3 Å². The lowest BCUT2D eigenvalue weighted by atomic mass is 9.98. The van der Waals surface area contributed by atoms with Crippen LogP contribution in [0.1, 0.15) is 30.4 Å². The summed E-state index contributed by atoms with van der Waals surface area (Å²) in [5, 5.41) is 9.46. The zero-order valence-electron chi connectivity index (χ0n) is 10.2. The number of aryl methyl sites for hydroxylation is 2. The Morgan fingerprint density at radius 1 is 1.25 bits per heavy atom. The molecule has 1 aliphatic rings. The highest BCUT2D eigenvalue weighted by molar-refractivity contribution is 5.59. The average Bonchev–Trinajstić information content (AvgIpc) is 2.29. The fourth-order valence-electron chi connectivity index (χ4n) is 2.74.